The molecule has 1 N–H and O–H groups in total. The average molecular weight is 299 g/mol. The third-order valence-electron chi connectivity index (χ3n) is 4.15. The lowest BCUT2D eigenvalue weighted by Crippen LogP contribution is -2.44. The van der Waals surface area contributed by atoms with E-state index in [1.54, 1.807) is 24.8 Å². The summed E-state index contributed by atoms with van der Waals surface area (Å²) in [5, 5.41) is 3.10. The maximum Gasteiger partial charge on any atom is 0.270 e. The molecule has 1 aliphatic heterocycles. The molecule has 0 atom stereocenters. The molecule has 0 spiro atoms. The molecule has 0 aliphatic carbocycles. The van der Waals surface area contributed by atoms with Crippen molar-refractivity contribution in [2.75, 3.05) is 19.6 Å². The van der Waals surface area contributed by atoms with Gasteiger partial charge in [-0.15, -0.1) is 0 Å². The smallest absolute Gasteiger partial charge is 0.270 e. The number of likely N-dealkylation sites (tertiary alicyclic amines) is 1. The molecule has 2 aromatic rings. The molecule has 2 aromatic heterocycles. The minimum atomic E-state index is -0.100. The highest BCUT2D eigenvalue weighted by Gasteiger charge is 2.20. The van der Waals surface area contributed by atoms with Crippen LogP contribution in [-0.4, -0.2) is 51.0 Å². The maximum atomic E-state index is 12.4. The fraction of sp³-hybridized carbons (Fsp3) is 0.438. The summed E-state index contributed by atoms with van der Waals surface area (Å²) in [7, 11) is 0. The first-order chi connectivity index (χ1) is 10.8. The monoisotopic (exact) mass is 299 g/mol. The topological polar surface area (TPSA) is 63.1 Å². The highest BCUT2D eigenvalue weighted by Crippen LogP contribution is 2.12. The number of carbonyl (C=O) groups excluding carboxylic acids is 1. The van der Waals surface area contributed by atoms with Gasteiger partial charge in [0, 0.05) is 37.7 Å². The Bertz CT molecular complexity index is 617. The van der Waals surface area contributed by atoms with Gasteiger partial charge < -0.3 is 14.8 Å². The van der Waals surface area contributed by atoms with Gasteiger partial charge in [0.05, 0.1) is 12.0 Å². The first-order valence-corrected chi connectivity index (χ1v) is 7.74. The van der Waals surface area contributed by atoms with Crippen LogP contribution in [-0.2, 0) is 0 Å². The van der Waals surface area contributed by atoms with E-state index in [1.807, 2.05) is 16.8 Å². The standard InChI is InChI=1S/C16H21N5O/c1-2-20-8-4-13(5-9-20)19-16(22)15-11-14(3-6-18-15)21-10-7-17-12-21/h3,6-7,10-13H,2,4-5,8-9H2,1H3,(H,19,22). The van der Waals surface area contributed by atoms with Crippen LogP contribution in [0.2, 0.25) is 0 Å². The Morgan fingerprint density at radius 1 is 1.36 bits per heavy atom. The van der Waals surface area contributed by atoms with E-state index in [9.17, 15) is 4.79 Å². The highest BCUT2D eigenvalue weighted by atomic mass is 16.1. The number of hydrogen-bond donors (Lipinski definition) is 1. The fourth-order valence-electron chi connectivity index (χ4n) is 2.77. The minimum Gasteiger partial charge on any atom is -0.348 e. The van der Waals surface area contributed by atoms with Crippen molar-refractivity contribution in [1.82, 2.24) is 24.8 Å². The Labute approximate surface area is 130 Å². The van der Waals surface area contributed by atoms with Crippen LogP contribution in [0.4, 0.5) is 0 Å². The second kappa shape index (κ2) is 6.70. The van der Waals surface area contributed by atoms with E-state index in [0.717, 1.165) is 38.2 Å². The molecule has 6 nitrogen and oxygen atoms in total. The number of aromatic nitrogens is 3. The molecule has 1 saturated heterocycles. The first-order valence-electron chi connectivity index (χ1n) is 7.74. The van der Waals surface area contributed by atoms with E-state index in [2.05, 4.69) is 27.1 Å². The second-order valence-electron chi connectivity index (χ2n) is 5.55. The molecule has 0 unspecified atom stereocenters. The predicted octanol–water partition coefficient (Wildman–Crippen LogP) is 1.48. The van der Waals surface area contributed by atoms with Crippen LogP contribution in [0, 0.1) is 0 Å². The maximum absolute atomic E-state index is 12.4. The number of rotatable bonds is 4. The minimum absolute atomic E-state index is 0.100. The van der Waals surface area contributed by atoms with Gasteiger partial charge >= 0.3 is 0 Å². The number of nitrogens with zero attached hydrogens (tertiary/aromatic N) is 4. The number of pyridine rings is 1. The highest BCUT2D eigenvalue weighted by molar-refractivity contribution is 5.92. The summed E-state index contributed by atoms with van der Waals surface area (Å²) in [6.45, 7) is 5.34. The number of piperidine rings is 1. The molecular formula is C16H21N5O. The number of hydrogen-bond acceptors (Lipinski definition) is 4. The Kier molecular flexibility index (Phi) is 4.48. The van der Waals surface area contributed by atoms with Crippen molar-refractivity contribution in [1.29, 1.82) is 0 Å². The fourth-order valence-corrected chi connectivity index (χ4v) is 2.77. The van der Waals surface area contributed by atoms with Crippen LogP contribution in [0.15, 0.2) is 37.1 Å². The summed E-state index contributed by atoms with van der Waals surface area (Å²) in [6, 6.07) is 3.89. The van der Waals surface area contributed by atoms with Crippen molar-refractivity contribution in [2.24, 2.45) is 0 Å². The average Bonchev–Trinajstić information content (AvgIpc) is 3.10. The molecule has 1 aliphatic rings. The third kappa shape index (κ3) is 3.33. The lowest BCUT2D eigenvalue weighted by molar-refractivity contribution is 0.0907. The van der Waals surface area contributed by atoms with Crippen molar-refractivity contribution < 1.29 is 4.79 Å². The second-order valence-corrected chi connectivity index (χ2v) is 5.55. The van der Waals surface area contributed by atoms with Crippen LogP contribution >= 0.6 is 0 Å². The molecule has 0 bridgehead atoms. The molecule has 22 heavy (non-hydrogen) atoms. The van der Waals surface area contributed by atoms with Crippen LogP contribution in [0.1, 0.15) is 30.3 Å². The van der Waals surface area contributed by atoms with E-state index in [-0.39, 0.29) is 11.9 Å². The van der Waals surface area contributed by atoms with E-state index in [4.69, 9.17) is 0 Å². The lowest BCUT2D eigenvalue weighted by Gasteiger charge is -2.31. The van der Waals surface area contributed by atoms with Gasteiger partial charge in [0.15, 0.2) is 0 Å². The van der Waals surface area contributed by atoms with E-state index in [0.29, 0.717) is 5.69 Å². The Morgan fingerprint density at radius 3 is 2.86 bits per heavy atom. The van der Waals surface area contributed by atoms with Crippen molar-refractivity contribution in [3.05, 3.63) is 42.7 Å². The molecular weight excluding hydrogens is 278 g/mol. The summed E-state index contributed by atoms with van der Waals surface area (Å²) in [5.74, 6) is -0.100. The first kappa shape index (κ1) is 14.7. The summed E-state index contributed by atoms with van der Waals surface area (Å²) in [5.41, 5.74) is 1.34. The Balaban J connectivity index is 1.64. The number of amides is 1. The van der Waals surface area contributed by atoms with Gasteiger partial charge in [-0.1, -0.05) is 6.92 Å². The van der Waals surface area contributed by atoms with Crippen molar-refractivity contribution in [3.63, 3.8) is 0 Å². The molecule has 3 rings (SSSR count). The molecule has 116 valence electrons. The van der Waals surface area contributed by atoms with E-state index >= 15 is 0 Å². The lowest BCUT2D eigenvalue weighted by atomic mass is 10.0. The van der Waals surface area contributed by atoms with Crippen LogP contribution in [0.5, 0.6) is 0 Å². The van der Waals surface area contributed by atoms with Crippen molar-refractivity contribution in [2.45, 2.75) is 25.8 Å². The molecule has 1 fully saturated rings. The van der Waals surface area contributed by atoms with Crippen LogP contribution < -0.4 is 5.32 Å². The molecule has 1 amide bonds. The van der Waals surface area contributed by atoms with Crippen molar-refractivity contribution in [3.8, 4) is 5.69 Å². The zero-order valence-corrected chi connectivity index (χ0v) is 12.8. The quantitative estimate of drug-likeness (QED) is 0.929. The van der Waals surface area contributed by atoms with Gasteiger partial charge in [0.2, 0.25) is 0 Å². The van der Waals surface area contributed by atoms with E-state index < -0.39 is 0 Å². The van der Waals surface area contributed by atoms with Crippen molar-refractivity contribution >= 4 is 5.91 Å². The largest absolute Gasteiger partial charge is 0.348 e. The van der Waals surface area contributed by atoms with Crippen LogP contribution in [0.25, 0.3) is 5.69 Å². The number of imidazole rings is 1. The van der Waals surface area contributed by atoms with Gasteiger partial charge in [0.1, 0.15) is 5.69 Å². The third-order valence-corrected chi connectivity index (χ3v) is 4.15. The molecule has 3 heterocycles. The van der Waals surface area contributed by atoms with Gasteiger partial charge in [-0.3, -0.25) is 9.78 Å². The summed E-state index contributed by atoms with van der Waals surface area (Å²) in [4.78, 5) is 23.0. The van der Waals surface area contributed by atoms with Gasteiger partial charge in [-0.05, 0) is 31.5 Å². The predicted molar refractivity (Wildman–Crippen MR) is 84.0 cm³/mol. The zero-order chi connectivity index (χ0) is 15.4. The summed E-state index contributed by atoms with van der Waals surface area (Å²) >= 11 is 0. The van der Waals surface area contributed by atoms with Gasteiger partial charge in [0.25, 0.3) is 5.91 Å². The zero-order valence-electron chi connectivity index (χ0n) is 12.8. The normalized spacial score (nSPS) is 16.6. The molecule has 0 radical (unpaired) electrons. The summed E-state index contributed by atoms with van der Waals surface area (Å²) < 4.78 is 1.86. The molecule has 0 saturated carbocycles. The number of nitrogens with one attached hydrogen (secondary N) is 1. The Morgan fingerprint density at radius 2 is 2.18 bits per heavy atom. The SMILES string of the molecule is CCN1CCC(NC(=O)c2cc(-n3ccnc3)ccn2)CC1. The number of carbonyl (C=O) groups is 1. The van der Waals surface area contributed by atoms with Gasteiger partial charge in [-0.25, -0.2) is 4.98 Å². The Hall–Kier alpha value is -2.21. The van der Waals surface area contributed by atoms with Gasteiger partial charge in [-0.2, -0.15) is 0 Å². The van der Waals surface area contributed by atoms with E-state index in [1.165, 1.54) is 0 Å². The summed E-state index contributed by atoms with van der Waals surface area (Å²) in [6.07, 6.45) is 8.92. The molecule has 0 aromatic carbocycles. The molecule has 6 heteroatoms. The van der Waals surface area contributed by atoms with Crippen LogP contribution in [0.3, 0.4) is 0 Å².